The maximum absolute atomic E-state index is 11.9. The first-order valence-electron chi connectivity index (χ1n) is 9.92. The van der Waals surface area contributed by atoms with Gasteiger partial charge in [-0.2, -0.15) is 0 Å². The highest BCUT2D eigenvalue weighted by atomic mass is 16.5. The predicted octanol–water partition coefficient (Wildman–Crippen LogP) is 1.22. The van der Waals surface area contributed by atoms with Crippen LogP contribution in [0.2, 0.25) is 0 Å². The number of carbonyl (C=O) groups is 2. The first kappa shape index (κ1) is 22.6. The summed E-state index contributed by atoms with van der Waals surface area (Å²) < 4.78 is 10.5. The normalized spacial score (nSPS) is 14.8. The van der Waals surface area contributed by atoms with Crippen LogP contribution in [0.15, 0.2) is 37.1 Å². The van der Waals surface area contributed by atoms with Crippen LogP contribution < -0.4 is 20.1 Å². The third-order valence-electron chi connectivity index (χ3n) is 5.23. The minimum absolute atomic E-state index is 0.0144. The molecule has 2 aromatic rings. The molecule has 3 rings (SSSR count). The summed E-state index contributed by atoms with van der Waals surface area (Å²) in [4.78, 5) is 36.1. The zero-order chi connectivity index (χ0) is 23.3. The Balaban J connectivity index is 1.91. The van der Waals surface area contributed by atoms with E-state index in [2.05, 4.69) is 28.4 Å². The van der Waals surface area contributed by atoms with Crippen LogP contribution in [0.25, 0.3) is 0 Å². The molecule has 1 saturated heterocycles. The lowest BCUT2D eigenvalue weighted by molar-refractivity contribution is -0.125. The number of hydrogen-bond donors (Lipinski definition) is 1. The second kappa shape index (κ2) is 9.83. The minimum Gasteiger partial charge on any atom is -0.497 e. The highest BCUT2D eigenvalue weighted by Gasteiger charge is 2.29. The molecule has 0 bridgehead atoms. The molecular weight excluding hydrogens is 410 g/mol. The molecular formula is C23H25N5O4. The van der Waals surface area contributed by atoms with Crippen LogP contribution in [0.5, 0.6) is 11.5 Å². The zero-order valence-electron chi connectivity index (χ0n) is 18.3. The summed E-state index contributed by atoms with van der Waals surface area (Å²) in [6.07, 6.45) is 3.57. The molecule has 2 amide bonds. The number of amides is 2. The van der Waals surface area contributed by atoms with Gasteiger partial charge in [-0.1, -0.05) is 12.5 Å². The van der Waals surface area contributed by atoms with Gasteiger partial charge in [-0.3, -0.25) is 9.59 Å². The Labute approximate surface area is 186 Å². The molecule has 1 aliphatic rings. The Morgan fingerprint density at radius 2 is 1.94 bits per heavy atom. The van der Waals surface area contributed by atoms with Gasteiger partial charge in [0.05, 0.1) is 20.4 Å². The molecule has 166 valence electrons. The quantitative estimate of drug-likeness (QED) is 0.536. The smallest absolute Gasteiger partial charge is 0.270 e. The largest absolute Gasteiger partial charge is 0.497 e. The average Bonchev–Trinajstić information content (AvgIpc) is 3.31. The number of rotatable bonds is 6. The van der Waals surface area contributed by atoms with E-state index in [-0.39, 0.29) is 23.3 Å². The Morgan fingerprint density at radius 3 is 2.53 bits per heavy atom. The third kappa shape index (κ3) is 4.98. The predicted molar refractivity (Wildman–Crippen MR) is 120 cm³/mol. The van der Waals surface area contributed by atoms with Crippen molar-refractivity contribution in [2.24, 2.45) is 5.73 Å². The number of benzene rings is 1. The van der Waals surface area contributed by atoms with E-state index in [1.54, 1.807) is 37.3 Å². The van der Waals surface area contributed by atoms with Crippen LogP contribution in [0.4, 0.5) is 5.82 Å². The number of nitrogens with two attached hydrogens (primary N) is 1. The number of ether oxygens (including phenoxy) is 2. The maximum Gasteiger partial charge on any atom is 0.270 e. The summed E-state index contributed by atoms with van der Waals surface area (Å²) in [5.41, 5.74) is 6.24. The number of anilines is 1. The molecule has 32 heavy (non-hydrogen) atoms. The first-order valence-corrected chi connectivity index (χ1v) is 9.92. The average molecular weight is 435 g/mol. The number of methoxy groups -OCH3 is 2. The number of likely N-dealkylation sites (N-methyl/N-ethyl adjacent to an activating group) is 1. The van der Waals surface area contributed by atoms with Crippen LogP contribution in [-0.2, 0) is 4.79 Å². The zero-order valence-corrected chi connectivity index (χ0v) is 18.3. The van der Waals surface area contributed by atoms with Crippen LogP contribution in [0.3, 0.4) is 0 Å². The topological polar surface area (TPSA) is 111 Å². The van der Waals surface area contributed by atoms with Gasteiger partial charge in [0.1, 0.15) is 23.0 Å². The lowest BCUT2D eigenvalue weighted by atomic mass is 10.2. The van der Waals surface area contributed by atoms with Gasteiger partial charge in [-0.05, 0) is 30.6 Å². The summed E-state index contributed by atoms with van der Waals surface area (Å²) >= 11 is 0. The van der Waals surface area contributed by atoms with Gasteiger partial charge in [0.2, 0.25) is 5.91 Å². The van der Waals surface area contributed by atoms with Crippen molar-refractivity contribution in [1.82, 2.24) is 14.9 Å². The Hall–Kier alpha value is -4.06. The summed E-state index contributed by atoms with van der Waals surface area (Å²) in [6, 6.07) is 5.27. The van der Waals surface area contributed by atoms with Crippen molar-refractivity contribution < 1.29 is 19.1 Å². The number of hydrogen-bond acceptors (Lipinski definition) is 7. The number of primary amides is 1. The Kier molecular flexibility index (Phi) is 6.95. The van der Waals surface area contributed by atoms with Gasteiger partial charge in [0.15, 0.2) is 5.69 Å². The van der Waals surface area contributed by atoms with Crippen molar-refractivity contribution in [2.75, 3.05) is 39.3 Å². The molecule has 1 aromatic carbocycles. The van der Waals surface area contributed by atoms with Crippen molar-refractivity contribution in [3.63, 3.8) is 0 Å². The molecule has 2 heterocycles. The van der Waals surface area contributed by atoms with Crippen molar-refractivity contribution in [2.45, 2.75) is 12.5 Å². The van der Waals surface area contributed by atoms with E-state index >= 15 is 0 Å². The summed E-state index contributed by atoms with van der Waals surface area (Å²) in [7, 11) is 4.97. The van der Waals surface area contributed by atoms with E-state index in [1.807, 2.05) is 11.9 Å². The van der Waals surface area contributed by atoms with Gasteiger partial charge in [0, 0.05) is 37.8 Å². The first-order chi connectivity index (χ1) is 15.4. The molecule has 1 aromatic heterocycles. The molecule has 0 radical (unpaired) electrons. The lowest BCUT2D eigenvalue weighted by Gasteiger charge is -2.25. The molecule has 1 unspecified atom stereocenters. The molecule has 0 aliphatic carbocycles. The van der Waals surface area contributed by atoms with Gasteiger partial charge >= 0.3 is 0 Å². The van der Waals surface area contributed by atoms with E-state index in [0.29, 0.717) is 36.0 Å². The van der Waals surface area contributed by atoms with Gasteiger partial charge < -0.3 is 25.0 Å². The standard InChI is InChI=1S/C23H25N5O4/c1-5-21(29)28-9-8-16(14-28)27(2)20-13-25-22(23(24)30)19(26-20)7-6-15-10-17(31-3)12-18(11-15)32-4/h5,10-13,16H,1,8-9,14H2,2-4H3,(H2,24,30). The SMILES string of the molecule is C=CC(=O)N1CCC(N(C)c2cnc(C(N)=O)c(C#Cc3cc(OC)cc(OC)c3)n2)C1. The maximum atomic E-state index is 11.9. The monoisotopic (exact) mass is 435 g/mol. The van der Waals surface area contributed by atoms with Crippen molar-refractivity contribution in [1.29, 1.82) is 0 Å². The number of carbonyl (C=O) groups excluding carboxylic acids is 2. The van der Waals surface area contributed by atoms with Crippen LogP contribution in [0, 0.1) is 11.8 Å². The van der Waals surface area contributed by atoms with Gasteiger partial charge in [-0.15, -0.1) is 0 Å². The molecule has 0 spiro atoms. The van der Waals surface area contributed by atoms with E-state index in [0.717, 1.165) is 6.42 Å². The molecule has 0 saturated carbocycles. The van der Waals surface area contributed by atoms with E-state index in [1.165, 1.54) is 12.3 Å². The summed E-state index contributed by atoms with van der Waals surface area (Å²) in [6.45, 7) is 4.72. The molecule has 9 heteroatoms. The number of nitrogens with zero attached hydrogens (tertiary/aromatic N) is 4. The van der Waals surface area contributed by atoms with Crippen molar-refractivity contribution in [3.8, 4) is 23.3 Å². The Morgan fingerprint density at radius 1 is 1.25 bits per heavy atom. The molecule has 9 nitrogen and oxygen atoms in total. The minimum atomic E-state index is -0.720. The van der Waals surface area contributed by atoms with E-state index in [4.69, 9.17) is 15.2 Å². The van der Waals surface area contributed by atoms with E-state index < -0.39 is 5.91 Å². The fourth-order valence-electron chi connectivity index (χ4n) is 3.40. The summed E-state index contributed by atoms with van der Waals surface area (Å²) in [5, 5.41) is 0. The molecule has 1 fully saturated rings. The van der Waals surface area contributed by atoms with Crippen LogP contribution in [-0.4, -0.2) is 67.1 Å². The number of aromatic nitrogens is 2. The van der Waals surface area contributed by atoms with Crippen LogP contribution >= 0.6 is 0 Å². The third-order valence-corrected chi connectivity index (χ3v) is 5.23. The number of likely N-dealkylation sites (tertiary alicyclic amines) is 1. The second-order valence-corrected chi connectivity index (χ2v) is 7.18. The fourth-order valence-corrected chi connectivity index (χ4v) is 3.40. The highest BCUT2D eigenvalue weighted by Crippen LogP contribution is 2.23. The highest BCUT2D eigenvalue weighted by molar-refractivity contribution is 5.93. The second-order valence-electron chi connectivity index (χ2n) is 7.18. The lowest BCUT2D eigenvalue weighted by Crippen LogP contribution is -2.36. The molecule has 2 N–H and O–H groups in total. The Bertz CT molecular complexity index is 1080. The molecule has 1 aliphatic heterocycles. The van der Waals surface area contributed by atoms with E-state index in [9.17, 15) is 9.59 Å². The van der Waals surface area contributed by atoms with Crippen molar-refractivity contribution in [3.05, 3.63) is 54.0 Å². The van der Waals surface area contributed by atoms with Gasteiger partial charge in [0.25, 0.3) is 5.91 Å². The van der Waals surface area contributed by atoms with Crippen molar-refractivity contribution >= 4 is 17.6 Å². The molecule has 1 atom stereocenters. The fraction of sp³-hybridized carbons (Fsp3) is 0.304. The van der Waals surface area contributed by atoms with Crippen LogP contribution in [0.1, 0.15) is 28.2 Å². The summed E-state index contributed by atoms with van der Waals surface area (Å²) in [5.74, 6) is 6.74. The van der Waals surface area contributed by atoms with Gasteiger partial charge in [-0.25, -0.2) is 9.97 Å².